The van der Waals surface area contributed by atoms with Crippen molar-refractivity contribution in [2.45, 2.75) is 26.2 Å². The Labute approximate surface area is 154 Å². The van der Waals surface area contributed by atoms with Gasteiger partial charge < -0.3 is 0 Å². The molecular formula is C24H22O2. The molecule has 3 aromatic rings. The molecule has 2 heteroatoms. The zero-order chi connectivity index (χ0) is 18.7. The van der Waals surface area contributed by atoms with Gasteiger partial charge in [-0.15, -0.1) is 0 Å². The highest BCUT2D eigenvalue weighted by Crippen LogP contribution is 2.27. The fraction of sp³-hybridized carbons (Fsp3) is 0.167. The van der Waals surface area contributed by atoms with Gasteiger partial charge in [0.1, 0.15) is 0 Å². The Hall–Kier alpha value is -3.00. The van der Waals surface area contributed by atoms with Gasteiger partial charge in [-0.1, -0.05) is 81.4 Å². The standard InChI is InChI=1S/C24H22O2/c1-24(2,3)21-15-19(22(25)17-10-6-4-7-11-17)14-20(16-21)23(26)18-12-8-5-9-13-18/h4-16H,1-3H3. The van der Waals surface area contributed by atoms with E-state index in [1.54, 1.807) is 30.3 Å². The minimum absolute atomic E-state index is 0.0705. The van der Waals surface area contributed by atoms with Gasteiger partial charge in [-0.25, -0.2) is 0 Å². The molecule has 0 aliphatic carbocycles. The first kappa shape index (κ1) is 17.8. The Morgan fingerprint density at radius 3 is 1.31 bits per heavy atom. The SMILES string of the molecule is CC(C)(C)c1cc(C(=O)c2ccccc2)cc(C(=O)c2ccccc2)c1. The number of benzene rings is 3. The Morgan fingerprint density at radius 2 is 0.962 bits per heavy atom. The second-order valence-corrected chi connectivity index (χ2v) is 7.44. The van der Waals surface area contributed by atoms with E-state index in [2.05, 4.69) is 20.8 Å². The van der Waals surface area contributed by atoms with Crippen molar-refractivity contribution >= 4 is 11.6 Å². The lowest BCUT2D eigenvalue weighted by Crippen LogP contribution is -2.15. The number of rotatable bonds is 4. The van der Waals surface area contributed by atoms with Gasteiger partial charge >= 0.3 is 0 Å². The van der Waals surface area contributed by atoms with Crippen molar-refractivity contribution in [1.29, 1.82) is 0 Å². The molecule has 0 aliphatic rings. The van der Waals surface area contributed by atoms with Crippen LogP contribution in [0.5, 0.6) is 0 Å². The lowest BCUT2D eigenvalue weighted by Gasteiger charge is -2.21. The molecule has 0 atom stereocenters. The summed E-state index contributed by atoms with van der Waals surface area (Å²) in [5.41, 5.74) is 3.14. The molecule has 0 amide bonds. The van der Waals surface area contributed by atoms with Crippen molar-refractivity contribution in [3.63, 3.8) is 0 Å². The van der Waals surface area contributed by atoms with Gasteiger partial charge in [0, 0.05) is 22.3 Å². The molecule has 0 N–H and O–H groups in total. The number of hydrogen-bond donors (Lipinski definition) is 0. The topological polar surface area (TPSA) is 34.1 Å². The fourth-order valence-corrected chi connectivity index (χ4v) is 2.84. The van der Waals surface area contributed by atoms with E-state index < -0.39 is 0 Å². The lowest BCUT2D eigenvalue weighted by molar-refractivity contribution is 0.103. The van der Waals surface area contributed by atoms with Crippen LogP contribution in [0.1, 0.15) is 58.2 Å². The van der Waals surface area contributed by atoms with Gasteiger partial charge in [0.15, 0.2) is 11.6 Å². The summed E-state index contributed by atoms with van der Waals surface area (Å²) in [6, 6.07) is 23.8. The van der Waals surface area contributed by atoms with Crippen LogP contribution in [-0.2, 0) is 5.41 Å². The smallest absolute Gasteiger partial charge is 0.193 e. The van der Waals surface area contributed by atoms with E-state index in [4.69, 9.17) is 0 Å². The lowest BCUT2D eigenvalue weighted by atomic mass is 9.83. The molecule has 0 unspecified atom stereocenters. The minimum Gasteiger partial charge on any atom is -0.289 e. The van der Waals surface area contributed by atoms with Gasteiger partial charge in [-0.2, -0.15) is 0 Å². The van der Waals surface area contributed by atoms with Crippen molar-refractivity contribution in [2.24, 2.45) is 0 Å². The molecule has 0 aromatic heterocycles. The van der Waals surface area contributed by atoms with E-state index in [0.29, 0.717) is 22.3 Å². The largest absolute Gasteiger partial charge is 0.289 e. The molecule has 3 rings (SSSR count). The number of ketones is 2. The summed E-state index contributed by atoms with van der Waals surface area (Å²) in [6.45, 7) is 6.24. The first-order valence-electron chi connectivity index (χ1n) is 8.71. The molecule has 0 bridgehead atoms. The molecule has 130 valence electrons. The van der Waals surface area contributed by atoms with Gasteiger partial charge in [0.25, 0.3) is 0 Å². The van der Waals surface area contributed by atoms with E-state index in [1.807, 2.05) is 48.5 Å². The number of carbonyl (C=O) groups is 2. The average Bonchev–Trinajstić information content (AvgIpc) is 2.67. The quantitative estimate of drug-likeness (QED) is 0.591. The van der Waals surface area contributed by atoms with Crippen molar-refractivity contribution < 1.29 is 9.59 Å². The first-order chi connectivity index (χ1) is 12.4. The molecule has 0 radical (unpaired) electrons. The zero-order valence-corrected chi connectivity index (χ0v) is 15.3. The fourth-order valence-electron chi connectivity index (χ4n) is 2.84. The molecular weight excluding hydrogens is 320 g/mol. The first-order valence-corrected chi connectivity index (χ1v) is 8.71. The van der Waals surface area contributed by atoms with Crippen molar-refractivity contribution in [3.8, 4) is 0 Å². The summed E-state index contributed by atoms with van der Waals surface area (Å²) >= 11 is 0. The molecule has 3 aromatic carbocycles. The molecule has 0 heterocycles. The van der Waals surface area contributed by atoms with E-state index in [9.17, 15) is 9.59 Å². The third-order valence-corrected chi connectivity index (χ3v) is 4.40. The molecule has 0 aliphatic heterocycles. The second kappa shape index (κ2) is 7.09. The van der Waals surface area contributed by atoms with Crippen LogP contribution in [0, 0.1) is 0 Å². The maximum Gasteiger partial charge on any atom is 0.193 e. The van der Waals surface area contributed by atoms with Crippen LogP contribution in [0.2, 0.25) is 0 Å². The molecule has 0 spiro atoms. The third kappa shape index (κ3) is 3.80. The Bertz CT molecular complexity index is 863. The van der Waals surface area contributed by atoms with E-state index in [0.717, 1.165) is 5.56 Å². The van der Waals surface area contributed by atoms with Gasteiger partial charge in [-0.3, -0.25) is 9.59 Å². The summed E-state index contributed by atoms with van der Waals surface area (Å²) in [7, 11) is 0. The predicted molar refractivity (Wildman–Crippen MR) is 105 cm³/mol. The monoisotopic (exact) mass is 342 g/mol. The molecule has 2 nitrogen and oxygen atoms in total. The van der Waals surface area contributed by atoms with Crippen molar-refractivity contribution in [1.82, 2.24) is 0 Å². The summed E-state index contributed by atoms with van der Waals surface area (Å²) < 4.78 is 0. The summed E-state index contributed by atoms with van der Waals surface area (Å²) in [4.78, 5) is 25.9. The van der Waals surface area contributed by atoms with Crippen LogP contribution in [0.3, 0.4) is 0 Å². The Balaban J connectivity index is 2.11. The van der Waals surface area contributed by atoms with Gasteiger partial charge in [0.2, 0.25) is 0 Å². The Kier molecular flexibility index (Phi) is 4.85. The van der Waals surface area contributed by atoms with E-state index >= 15 is 0 Å². The maximum atomic E-state index is 12.9. The summed E-state index contributed by atoms with van der Waals surface area (Å²) in [5.74, 6) is -0.141. The van der Waals surface area contributed by atoms with Crippen LogP contribution in [-0.4, -0.2) is 11.6 Å². The summed E-state index contributed by atoms with van der Waals surface area (Å²) in [5, 5.41) is 0. The van der Waals surface area contributed by atoms with Crippen LogP contribution in [0.4, 0.5) is 0 Å². The highest BCUT2D eigenvalue weighted by Gasteiger charge is 2.21. The van der Waals surface area contributed by atoms with Crippen LogP contribution < -0.4 is 0 Å². The maximum absolute atomic E-state index is 12.9. The van der Waals surface area contributed by atoms with E-state index in [1.165, 1.54) is 0 Å². The van der Waals surface area contributed by atoms with Crippen molar-refractivity contribution in [3.05, 3.63) is 107 Å². The predicted octanol–water partition coefficient (Wildman–Crippen LogP) is 5.45. The van der Waals surface area contributed by atoms with Gasteiger partial charge in [0.05, 0.1) is 0 Å². The van der Waals surface area contributed by atoms with E-state index in [-0.39, 0.29) is 17.0 Å². The van der Waals surface area contributed by atoms with Gasteiger partial charge in [-0.05, 0) is 29.2 Å². The Morgan fingerprint density at radius 1 is 0.577 bits per heavy atom. The van der Waals surface area contributed by atoms with Crippen LogP contribution >= 0.6 is 0 Å². The average molecular weight is 342 g/mol. The minimum atomic E-state index is -0.168. The zero-order valence-electron chi connectivity index (χ0n) is 15.3. The van der Waals surface area contributed by atoms with Crippen molar-refractivity contribution in [2.75, 3.05) is 0 Å². The third-order valence-electron chi connectivity index (χ3n) is 4.40. The molecule has 26 heavy (non-hydrogen) atoms. The highest BCUT2D eigenvalue weighted by atomic mass is 16.1. The second-order valence-electron chi connectivity index (χ2n) is 7.44. The number of carbonyl (C=O) groups excluding carboxylic acids is 2. The molecule has 0 saturated carbocycles. The molecule has 0 fully saturated rings. The highest BCUT2D eigenvalue weighted by molar-refractivity contribution is 6.13. The molecule has 0 saturated heterocycles. The number of hydrogen-bond acceptors (Lipinski definition) is 2. The normalized spacial score (nSPS) is 11.2. The summed E-state index contributed by atoms with van der Waals surface area (Å²) in [6.07, 6.45) is 0. The van der Waals surface area contributed by atoms with Crippen LogP contribution in [0.15, 0.2) is 78.9 Å². The van der Waals surface area contributed by atoms with Crippen LogP contribution in [0.25, 0.3) is 0 Å².